The molecule has 1 atom stereocenters. The Labute approximate surface area is 160 Å². The van der Waals surface area contributed by atoms with Gasteiger partial charge in [0, 0.05) is 24.2 Å². The van der Waals surface area contributed by atoms with Gasteiger partial charge in [0.1, 0.15) is 0 Å². The van der Waals surface area contributed by atoms with E-state index in [-0.39, 0.29) is 30.6 Å². The fraction of sp³-hybridized carbons (Fsp3) is 0.500. The van der Waals surface area contributed by atoms with Crippen molar-refractivity contribution in [1.29, 1.82) is 0 Å². The highest BCUT2D eigenvalue weighted by molar-refractivity contribution is 6.01. The van der Waals surface area contributed by atoms with Crippen LogP contribution in [-0.4, -0.2) is 30.1 Å². The number of hydrogen-bond acceptors (Lipinski definition) is 5. The van der Waals surface area contributed by atoms with Crippen LogP contribution in [0.25, 0.3) is 0 Å². The van der Waals surface area contributed by atoms with Gasteiger partial charge in [0.15, 0.2) is 0 Å². The van der Waals surface area contributed by atoms with Crippen LogP contribution in [0.2, 0.25) is 0 Å². The lowest BCUT2D eigenvalue weighted by atomic mass is 10.0. The van der Waals surface area contributed by atoms with E-state index in [1.54, 1.807) is 13.8 Å². The summed E-state index contributed by atoms with van der Waals surface area (Å²) in [5, 5.41) is 6.78. The summed E-state index contributed by atoms with van der Waals surface area (Å²) in [6.45, 7) is 9.40. The smallest absolute Gasteiger partial charge is 0.314 e. The molecule has 0 aliphatic carbocycles. The van der Waals surface area contributed by atoms with Crippen molar-refractivity contribution in [3.63, 3.8) is 0 Å². The van der Waals surface area contributed by atoms with Crippen LogP contribution in [0, 0.1) is 19.8 Å². The average molecular weight is 375 g/mol. The maximum absolute atomic E-state index is 12.0. The molecule has 7 heteroatoms. The summed E-state index contributed by atoms with van der Waals surface area (Å²) >= 11 is 0. The van der Waals surface area contributed by atoms with Crippen LogP contribution in [0.15, 0.2) is 23.3 Å². The average Bonchev–Trinajstić information content (AvgIpc) is 2.62. The van der Waals surface area contributed by atoms with Gasteiger partial charge in [-0.2, -0.15) is 5.10 Å². The second-order valence-corrected chi connectivity index (χ2v) is 6.37. The molecule has 2 N–H and O–H groups in total. The highest BCUT2D eigenvalue weighted by Crippen LogP contribution is 2.16. The highest BCUT2D eigenvalue weighted by Gasteiger charge is 2.21. The van der Waals surface area contributed by atoms with Gasteiger partial charge in [-0.3, -0.25) is 14.4 Å². The van der Waals surface area contributed by atoms with Crippen molar-refractivity contribution in [3.05, 3.63) is 29.3 Å². The molecule has 1 aromatic rings. The van der Waals surface area contributed by atoms with E-state index in [0.29, 0.717) is 18.7 Å². The first-order valence-corrected chi connectivity index (χ1v) is 9.15. The Kier molecular flexibility index (Phi) is 9.19. The standard InChI is InChI=1S/C20H29N3O4/c1-6-16(20(26)27-7-2)15(5)22-23-19(25)11-10-18(24)21-17-12-13(3)8-9-14(17)4/h8-9,12,16H,6-7,10-11H2,1-5H3,(H,21,24)(H,23,25)/b22-15-/t16-/m1/s1. The summed E-state index contributed by atoms with van der Waals surface area (Å²) in [5.74, 6) is -1.47. The first-order valence-electron chi connectivity index (χ1n) is 9.15. The van der Waals surface area contributed by atoms with Crippen LogP contribution < -0.4 is 10.7 Å². The minimum Gasteiger partial charge on any atom is -0.465 e. The van der Waals surface area contributed by atoms with Gasteiger partial charge >= 0.3 is 5.97 Å². The van der Waals surface area contributed by atoms with Crippen LogP contribution in [0.4, 0.5) is 5.69 Å². The molecule has 0 aromatic heterocycles. The van der Waals surface area contributed by atoms with E-state index in [1.165, 1.54) is 0 Å². The number of carbonyl (C=O) groups is 3. The molecule has 1 rings (SSSR count). The summed E-state index contributed by atoms with van der Waals surface area (Å²) in [4.78, 5) is 35.8. The third-order valence-corrected chi connectivity index (χ3v) is 4.09. The number of nitrogens with zero attached hydrogens (tertiary/aromatic N) is 1. The lowest BCUT2D eigenvalue weighted by molar-refractivity contribution is -0.145. The van der Waals surface area contributed by atoms with Crippen LogP contribution in [0.5, 0.6) is 0 Å². The molecule has 0 unspecified atom stereocenters. The number of anilines is 1. The molecular weight excluding hydrogens is 346 g/mol. The molecule has 27 heavy (non-hydrogen) atoms. The maximum atomic E-state index is 12.0. The Morgan fingerprint density at radius 3 is 2.41 bits per heavy atom. The Morgan fingerprint density at radius 2 is 1.78 bits per heavy atom. The van der Waals surface area contributed by atoms with Gasteiger partial charge in [0.2, 0.25) is 11.8 Å². The molecule has 0 fully saturated rings. The molecule has 0 aliphatic rings. The topological polar surface area (TPSA) is 96.9 Å². The number of aryl methyl sites for hydroxylation is 2. The van der Waals surface area contributed by atoms with Crippen molar-refractivity contribution >= 4 is 29.2 Å². The Balaban J connectivity index is 2.51. The van der Waals surface area contributed by atoms with Crippen LogP contribution in [0.1, 0.15) is 51.2 Å². The number of carbonyl (C=O) groups excluding carboxylic acids is 3. The fourth-order valence-corrected chi connectivity index (χ4v) is 2.47. The number of hydrogen-bond donors (Lipinski definition) is 2. The van der Waals surface area contributed by atoms with Crippen molar-refractivity contribution in [2.45, 2.75) is 53.9 Å². The predicted molar refractivity (Wildman–Crippen MR) is 105 cm³/mol. The highest BCUT2D eigenvalue weighted by atomic mass is 16.5. The zero-order chi connectivity index (χ0) is 20.4. The van der Waals surface area contributed by atoms with E-state index < -0.39 is 5.92 Å². The molecule has 148 valence electrons. The molecule has 2 amide bonds. The van der Waals surface area contributed by atoms with Gasteiger partial charge in [-0.15, -0.1) is 0 Å². The summed E-state index contributed by atoms with van der Waals surface area (Å²) in [6, 6.07) is 5.79. The SMILES string of the molecule is CCOC(=O)[C@H](CC)/C(C)=N\NC(=O)CCC(=O)Nc1cc(C)ccc1C. The largest absolute Gasteiger partial charge is 0.465 e. The zero-order valence-corrected chi connectivity index (χ0v) is 16.7. The fourth-order valence-electron chi connectivity index (χ4n) is 2.47. The number of hydrazone groups is 1. The maximum Gasteiger partial charge on any atom is 0.314 e. The first kappa shape index (κ1) is 22.3. The van der Waals surface area contributed by atoms with E-state index in [1.807, 2.05) is 39.0 Å². The summed E-state index contributed by atoms with van der Waals surface area (Å²) in [7, 11) is 0. The van der Waals surface area contributed by atoms with Gasteiger partial charge in [-0.05, 0) is 51.3 Å². The molecule has 0 radical (unpaired) electrons. The van der Waals surface area contributed by atoms with Gasteiger partial charge in [0.05, 0.1) is 12.5 Å². The van der Waals surface area contributed by atoms with Crippen LogP contribution in [0.3, 0.4) is 0 Å². The molecule has 1 aromatic carbocycles. The molecule has 0 spiro atoms. The lowest BCUT2D eigenvalue weighted by Gasteiger charge is -2.13. The van der Waals surface area contributed by atoms with Gasteiger partial charge in [-0.25, -0.2) is 5.43 Å². The first-order chi connectivity index (χ1) is 12.8. The third kappa shape index (κ3) is 7.60. The number of benzene rings is 1. The number of amides is 2. The number of esters is 1. The number of rotatable bonds is 9. The van der Waals surface area contributed by atoms with Gasteiger partial charge < -0.3 is 10.1 Å². The van der Waals surface area contributed by atoms with Gasteiger partial charge in [-0.1, -0.05) is 19.1 Å². The molecule has 0 aliphatic heterocycles. The summed E-state index contributed by atoms with van der Waals surface area (Å²) in [6.07, 6.45) is 0.578. The van der Waals surface area contributed by atoms with Crippen LogP contribution in [-0.2, 0) is 19.1 Å². The summed E-state index contributed by atoms with van der Waals surface area (Å²) in [5.41, 5.74) is 5.62. The van der Waals surface area contributed by atoms with Crippen molar-refractivity contribution in [2.24, 2.45) is 11.0 Å². The monoisotopic (exact) mass is 375 g/mol. The van der Waals surface area contributed by atoms with Crippen molar-refractivity contribution in [2.75, 3.05) is 11.9 Å². The minimum absolute atomic E-state index is 0.00365. The Morgan fingerprint density at radius 1 is 1.11 bits per heavy atom. The lowest BCUT2D eigenvalue weighted by Crippen LogP contribution is -2.27. The zero-order valence-electron chi connectivity index (χ0n) is 16.7. The third-order valence-electron chi connectivity index (χ3n) is 4.09. The van der Waals surface area contributed by atoms with Crippen molar-refractivity contribution in [1.82, 2.24) is 5.43 Å². The minimum atomic E-state index is -0.488. The summed E-state index contributed by atoms with van der Waals surface area (Å²) < 4.78 is 4.99. The second kappa shape index (κ2) is 11.1. The molecule has 0 heterocycles. The van der Waals surface area contributed by atoms with Crippen molar-refractivity contribution < 1.29 is 19.1 Å². The normalized spacial score (nSPS) is 12.3. The molecule has 0 bridgehead atoms. The Hall–Kier alpha value is -2.70. The second-order valence-electron chi connectivity index (χ2n) is 6.37. The molecular formula is C20H29N3O4. The van der Waals surface area contributed by atoms with E-state index in [2.05, 4.69) is 15.8 Å². The van der Waals surface area contributed by atoms with E-state index in [0.717, 1.165) is 16.8 Å². The van der Waals surface area contributed by atoms with Crippen LogP contribution >= 0.6 is 0 Å². The quantitative estimate of drug-likeness (QED) is 0.394. The number of ether oxygens (including phenoxy) is 1. The Bertz CT molecular complexity index is 713. The van der Waals surface area contributed by atoms with E-state index >= 15 is 0 Å². The molecule has 0 saturated carbocycles. The molecule has 7 nitrogen and oxygen atoms in total. The van der Waals surface area contributed by atoms with Gasteiger partial charge in [0.25, 0.3) is 0 Å². The predicted octanol–water partition coefficient (Wildman–Crippen LogP) is 3.10. The van der Waals surface area contributed by atoms with E-state index in [4.69, 9.17) is 4.74 Å². The van der Waals surface area contributed by atoms with Crippen molar-refractivity contribution in [3.8, 4) is 0 Å². The van der Waals surface area contributed by atoms with E-state index in [9.17, 15) is 14.4 Å². The molecule has 0 saturated heterocycles. The number of nitrogens with one attached hydrogen (secondary N) is 2.